The van der Waals surface area contributed by atoms with Gasteiger partial charge in [-0.25, -0.2) is 0 Å². The molecule has 1 N–H and O–H groups in total. The normalized spacial score (nSPS) is 17.1. The predicted octanol–water partition coefficient (Wildman–Crippen LogP) is 0.644. The molecule has 2 heteroatoms. The zero-order valence-electron chi connectivity index (χ0n) is 3.65. The molecule has 0 aromatic rings. The van der Waals surface area contributed by atoms with E-state index in [0.29, 0.717) is 0 Å². The summed E-state index contributed by atoms with van der Waals surface area (Å²) in [5.74, 6) is 0. The van der Waals surface area contributed by atoms with Gasteiger partial charge in [-0.15, -0.1) is 0 Å². The van der Waals surface area contributed by atoms with Crippen molar-refractivity contribution in [3.8, 4) is 0 Å². The first-order valence-corrected chi connectivity index (χ1v) is 2.22. The van der Waals surface area contributed by atoms with Gasteiger partial charge in [0, 0.05) is 13.1 Å². The molecule has 0 unspecified atom stereocenters. The van der Waals surface area contributed by atoms with Gasteiger partial charge in [0.15, 0.2) is 0 Å². The highest BCUT2D eigenvalue weighted by molar-refractivity contribution is 5.54. The lowest BCUT2D eigenvalue weighted by Gasteiger charge is -2.01. The monoisotopic (exact) mass is 100 g/mol. The lowest BCUT2D eigenvalue weighted by atomic mass is 10.4. The van der Waals surface area contributed by atoms with Crippen LogP contribution in [0.2, 0.25) is 0 Å². The highest BCUT2D eigenvalue weighted by Gasteiger charge is 1.85. The van der Waals surface area contributed by atoms with E-state index in [1.54, 1.807) is 6.34 Å². The number of hydrogen-bond acceptors (Lipinski definition) is 2. The van der Waals surface area contributed by atoms with Gasteiger partial charge in [-0.05, 0) is 6.42 Å². The standard InChI is InChI=1S/C4H8N2.CH4/c1-2-5-4-6-3-1;/h4H,1-3H2,(H,5,6);1H4. The fourth-order valence-electron chi connectivity index (χ4n) is 0.466. The molecule has 0 spiro atoms. The molecule has 0 radical (unpaired) electrons. The van der Waals surface area contributed by atoms with Crippen LogP contribution in [0.3, 0.4) is 0 Å². The molecule has 0 aromatic heterocycles. The Hall–Kier alpha value is -0.530. The fraction of sp³-hybridized carbons (Fsp3) is 0.800. The average Bonchev–Trinajstić information content (AvgIpc) is 1.72. The van der Waals surface area contributed by atoms with Crippen LogP contribution in [0.25, 0.3) is 0 Å². The lowest BCUT2D eigenvalue weighted by Crippen LogP contribution is -2.17. The van der Waals surface area contributed by atoms with Crippen molar-refractivity contribution in [1.82, 2.24) is 5.32 Å². The van der Waals surface area contributed by atoms with E-state index in [0.717, 1.165) is 13.1 Å². The van der Waals surface area contributed by atoms with Crippen molar-refractivity contribution in [1.29, 1.82) is 0 Å². The quantitative estimate of drug-likeness (QED) is 0.474. The van der Waals surface area contributed by atoms with E-state index in [-0.39, 0.29) is 7.43 Å². The lowest BCUT2D eigenvalue weighted by molar-refractivity contribution is 0.755. The van der Waals surface area contributed by atoms with Crippen molar-refractivity contribution in [2.75, 3.05) is 13.1 Å². The molecule has 7 heavy (non-hydrogen) atoms. The molecule has 2 nitrogen and oxygen atoms in total. The minimum Gasteiger partial charge on any atom is -0.376 e. The van der Waals surface area contributed by atoms with Gasteiger partial charge in [0.1, 0.15) is 0 Å². The van der Waals surface area contributed by atoms with Gasteiger partial charge in [0.2, 0.25) is 0 Å². The smallest absolute Gasteiger partial charge is 0.0823 e. The Bertz CT molecular complexity index is 51.1. The molecule has 1 aliphatic heterocycles. The van der Waals surface area contributed by atoms with Crippen molar-refractivity contribution < 1.29 is 0 Å². The molecular weight excluding hydrogens is 88.1 g/mol. The van der Waals surface area contributed by atoms with Gasteiger partial charge in [0.25, 0.3) is 0 Å². The van der Waals surface area contributed by atoms with Crippen molar-refractivity contribution in [2.24, 2.45) is 4.99 Å². The van der Waals surface area contributed by atoms with Crippen molar-refractivity contribution >= 4 is 6.34 Å². The Morgan fingerprint density at radius 1 is 1.57 bits per heavy atom. The summed E-state index contributed by atoms with van der Waals surface area (Å²) in [6, 6.07) is 0. The summed E-state index contributed by atoms with van der Waals surface area (Å²) in [7, 11) is 0. The molecule has 1 aliphatic rings. The van der Waals surface area contributed by atoms with Crippen LogP contribution in [-0.2, 0) is 0 Å². The summed E-state index contributed by atoms with van der Waals surface area (Å²) >= 11 is 0. The minimum absolute atomic E-state index is 0. The summed E-state index contributed by atoms with van der Waals surface area (Å²) < 4.78 is 0. The summed E-state index contributed by atoms with van der Waals surface area (Å²) in [5.41, 5.74) is 0. The molecule has 0 saturated carbocycles. The third-order valence-corrected chi connectivity index (χ3v) is 0.791. The zero-order valence-corrected chi connectivity index (χ0v) is 3.65. The molecule has 0 aliphatic carbocycles. The van der Waals surface area contributed by atoms with Gasteiger partial charge < -0.3 is 5.32 Å². The van der Waals surface area contributed by atoms with Gasteiger partial charge >= 0.3 is 0 Å². The maximum absolute atomic E-state index is 3.94. The number of aliphatic imine (C=N–C) groups is 1. The van der Waals surface area contributed by atoms with Crippen molar-refractivity contribution in [3.63, 3.8) is 0 Å². The molecule has 0 fully saturated rings. The molecule has 0 saturated heterocycles. The van der Waals surface area contributed by atoms with Crippen LogP contribution in [0.1, 0.15) is 13.8 Å². The van der Waals surface area contributed by atoms with Gasteiger partial charge in [-0.2, -0.15) is 0 Å². The third kappa shape index (κ3) is 2.20. The molecule has 42 valence electrons. The Kier molecular flexibility index (Phi) is 3.38. The highest BCUT2D eigenvalue weighted by atomic mass is 15.0. The molecule has 0 aromatic carbocycles. The van der Waals surface area contributed by atoms with Gasteiger partial charge in [0.05, 0.1) is 6.34 Å². The molecule has 0 bridgehead atoms. The average molecular weight is 100 g/mol. The second-order valence-electron chi connectivity index (χ2n) is 1.34. The van der Waals surface area contributed by atoms with Crippen LogP contribution in [0.15, 0.2) is 4.99 Å². The van der Waals surface area contributed by atoms with E-state index in [1.807, 2.05) is 0 Å². The summed E-state index contributed by atoms with van der Waals surface area (Å²) in [6.45, 7) is 2.11. The Morgan fingerprint density at radius 2 is 2.43 bits per heavy atom. The SMILES string of the molecule is C.C1=NCCCN1. The Labute approximate surface area is 44.6 Å². The van der Waals surface area contributed by atoms with E-state index in [1.165, 1.54) is 6.42 Å². The van der Waals surface area contributed by atoms with Crippen molar-refractivity contribution in [3.05, 3.63) is 0 Å². The maximum atomic E-state index is 3.94. The second-order valence-corrected chi connectivity index (χ2v) is 1.34. The summed E-state index contributed by atoms with van der Waals surface area (Å²) in [6.07, 6.45) is 2.96. The molecule has 1 rings (SSSR count). The van der Waals surface area contributed by atoms with Crippen LogP contribution in [0, 0.1) is 0 Å². The second kappa shape index (κ2) is 3.65. The first-order valence-electron chi connectivity index (χ1n) is 2.22. The third-order valence-electron chi connectivity index (χ3n) is 0.791. The molecule has 0 amide bonds. The number of nitrogens with zero attached hydrogens (tertiary/aromatic N) is 1. The van der Waals surface area contributed by atoms with Crippen LogP contribution >= 0.6 is 0 Å². The highest BCUT2D eigenvalue weighted by Crippen LogP contribution is 1.79. The van der Waals surface area contributed by atoms with Crippen LogP contribution in [-0.4, -0.2) is 19.4 Å². The van der Waals surface area contributed by atoms with E-state index in [2.05, 4.69) is 10.3 Å². The van der Waals surface area contributed by atoms with E-state index >= 15 is 0 Å². The molecule has 1 heterocycles. The van der Waals surface area contributed by atoms with Crippen LogP contribution in [0.4, 0.5) is 0 Å². The van der Waals surface area contributed by atoms with Gasteiger partial charge in [-0.1, -0.05) is 7.43 Å². The minimum atomic E-state index is 0. The largest absolute Gasteiger partial charge is 0.376 e. The van der Waals surface area contributed by atoms with Gasteiger partial charge in [-0.3, -0.25) is 4.99 Å². The summed E-state index contributed by atoms with van der Waals surface area (Å²) in [5, 5.41) is 2.99. The van der Waals surface area contributed by atoms with Crippen LogP contribution in [0.5, 0.6) is 0 Å². The van der Waals surface area contributed by atoms with E-state index in [4.69, 9.17) is 0 Å². The first-order chi connectivity index (χ1) is 3.00. The first kappa shape index (κ1) is 6.47. The molecular formula is C5H12N2. The molecule has 0 atom stereocenters. The van der Waals surface area contributed by atoms with Crippen molar-refractivity contribution in [2.45, 2.75) is 13.8 Å². The Balaban J connectivity index is 0.000000360. The number of nitrogens with one attached hydrogen (secondary N) is 1. The van der Waals surface area contributed by atoms with E-state index in [9.17, 15) is 0 Å². The topological polar surface area (TPSA) is 24.4 Å². The number of rotatable bonds is 0. The summed E-state index contributed by atoms with van der Waals surface area (Å²) in [4.78, 5) is 3.94. The maximum Gasteiger partial charge on any atom is 0.0823 e. The Morgan fingerprint density at radius 3 is 2.57 bits per heavy atom. The fourth-order valence-corrected chi connectivity index (χ4v) is 0.466. The van der Waals surface area contributed by atoms with Crippen LogP contribution < -0.4 is 5.32 Å². The predicted molar refractivity (Wildman–Crippen MR) is 32.7 cm³/mol. The van der Waals surface area contributed by atoms with E-state index < -0.39 is 0 Å². The zero-order chi connectivity index (χ0) is 4.24. The number of hydrogen-bond donors (Lipinski definition) is 1.